The number of benzene rings is 2. The van der Waals surface area contributed by atoms with Crippen molar-refractivity contribution >= 4 is 23.9 Å². The smallest absolute Gasteiger partial charge is 0.328 e. The molecule has 0 heterocycles. The largest absolute Gasteiger partial charge is 0.464 e. The lowest BCUT2D eigenvalue weighted by atomic mass is 10.0. The summed E-state index contributed by atoms with van der Waals surface area (Å²) in [6.07, 6.45) is 1.59. The van der Waals surface area contributed by atoms with Crippen molar-refractivity contribution in [1.82, 2.24) is 10.6 Å². The zero-order valence-electron chi connectivity index (χ0n) is 17.9. The second kappa shape index (κ2) is 11.6. The van der Waals surface area contributed by atoms with Gasteiger partial charge in [0.1, 0.15) is 17.6 Å². The van der Waals surface area contributed by atoms with Gasteiger partial charge in [-0.05, 0) is 43.5 Å². The molecule has 2 amide bonds. The van der Waals surface area contributed by atoms with Gasteiger partial charge in [-0.3, -0.25) is 9.59 Å². The SMILES string of the molecule is CCOC(=O)[C@H](CC(C)C)NC(=O)/C(=C/c1ccccc1F)NC(=O)c1ccccc1. The zero-order valence-corrected chi connectivity index (χ0v) is 17.9. The monoisotopic (exact) mass is 426 g/mol. The van der Waals surface area contributed by atoms with Crippen LogP contribution in [0.1, 0.15) is 43.1 Å². The number of hydrogen-bond donors (Lipinski definition) is 2. The van der Waals surface area contributed by atoms with E-state index < -0.39 is 29.6 Å². The van der Waals surface area contributed by atoms with Crippen LogP contribution >= 0.6 is 0 Å². The highest BCUT2D eigenvalue weighted by atomic mass is 19.1. The van der Waals surface area contributed by atoms with E-state index in [0.29, 0.717) is 12.0 Å². The molecule has 0 aliphatic rings. The molecule has 2 aromatic carbocycles. The molecule has 0 fully saturated rings. The van der Waals surface area contributed by atoms with Crippen molar-refractivity contribution < 1.29 is 23.5 Å². The predicted octanol–water partition coefficient (Wildman–Crippen LogP) is 3.69. The van der Waals surface area contributed by atoms with E-state index in [1.165, 1.54) is 24.3 Å². The van der Waals surface area contributed by atoms with Crippen molar-refractivity contribution in [2.75, 3.05) is 6.61 Å². The normalized spacial score (nSPS) is 12.2. The van der Waals surface area contributed by atoms with Gasteiger partial charge >= 0.3 is 5.97 Å². The van der Waals surface area contributed by atoms with E-state index in [4.69, 9.17) is 4.74 Å². The minimum Gasteiger partial charge on any atom is -0.464 e. The minimum atomic E-state index is -0.898. The van der Waals surface area contributed by atoms with Crippen LogP contribution in [0.5, 0.6) is 0 Å². The van der Waals surface area contributed by atoms with E-state index in [0.717, 1.165) is 0 Å². The van der Waals surface area contributed by atoms with Crippen molar-refractivity contribution in [2.24, 2.45) is 5.92 Å². The summed E-state index contributed by atoms with van der Waals surface area (Å²) in [6.45, 7) is 5.67. The fourth-order valence-corrected chi connectivity index (χ4v) is 2.85. The molecule has 7 heteroatoms. The molecule has 0 aromatic heterocycles. The highest BCUT2D eigenvalue weighted by Gasteiger charge is 2.25. The Bertz CT molecular complexity index is 942. The third kappa shape index (κ3) is 7.37. The van der Waals surface area contributed by atoms with E-state index >= 15 is 0 Å². The van der Waals surface area contributed by atoms with Crippen molar-refractivity contribution in [3.05, 3.63) is 77.2 Å². The molecule has 6 nitrogen and oxygen atoms in total. The molecule has 2 aromatic rings. The number of nitrogens with one attached hydrogen (secondary N) is 2. The third-order valence-electron chi connectivity index (χ3n) is 4.32. The van der Waals surface area contributed by atoms with Gasteiger partial charge in [0.05, 0.1) is 6.61 Å². The van der Waals surface area contributed by atoms with Gasteiger partial charge in [-0.1, -0.05) is 50.2 Å². The standard InChI is InChI=1S/C24H27FN2O4/c1-4-31-24(30)21(14-16(2)3)27-23(29)20(15-18-12-8-9-13-19(18)25)26-22(28)17-10-6-5-7-11-17/h5-13,15-16,21H,4,14H2,1-3H3,(H,26,28)(H,27,29)/b20-15-/t21-/m0/s1. The maximum atomic E-state index is 14.2. The zero-order chi connectivity index (χ0) is 22.8. The molecule has 0 saturated carbocycles. The topological polar surface area (TPSA) is 84.5 Å². The maximum Gasteiger partial charge on any atom is 0.328 e. The molecular weight excluding hydrogens is 399 g/mol. The Morgan fingerprint density at radius 2 is 1.68 bits per heavy atom. The third-order valence-corrected chi connectivity index (χ3v) is 4.32. The van der Waals surface area contributed by atoms with Gasteiger partial charge in [0.2, 0.25) is 0 Å². The number of amides is 2. The summed E-state index contributed by atoms with van der Waals surface area (Å²) >= 11 is 0. The summed E-state index contributed by atoms with van der Waals surface area (Å²) in [5.41, 5.74) is 0.272. The van der Waals surface area contributed by atoms with Crippen LogP contribution in [0.2, 0.25) is 0 Å². The molecule has 0 radical (unpaired) electrons. The van der Waals surface area contributed by atoms with Crippen molar-refractivity contribution in [3.63, 3.8) is 0 Å². The van der Waals surface area contributed by atoms with Gasteiger partial charge in [-0.15, -0.1) is 0 Å². The average Bonchev–Trinajstić information content (AvgIpc) is 2.74. The summed E-state index contributed by atoms with van der Waals surface area (Å²) in [5, 5.41) is 5.14. The molecule has 1 atom stereocenters. The first-order valence-electron chi connectivity index (χ1n) is 10.1. The lowest BCUT2D eigenvalue weighted by Crippen LogP contribution is -2.45. The van der Waals surface area contributed by atoms with E-state index in [1.807, 2.05) is 13.8 Å². The number of halogens is 1. The predicted molar refractivity (Wildman–Crippen MR) is 116 cm³/mol. The fourth-order valence-electron chi connectivity index (χ4n) is 2.85. The molecule has 0 bridgehead atoms. The Kier molecular flexibility index (Phi) is 8.94. The number of esters is 1. The van der Waals surface area contributed by atoms with Gasteiger partial charge in [0.25, 0.3) is 11.8 Å². The number of carbonyl (C=O) groups is 3. The minimum absolute atomic E-state index is 0.104. The maximum absolute atomic E-state index is 14.2. The highest BCUT2D eigenvalue weighted by Crippen LogP contribution is 2.13. The van der Waals surface area contributed by atoms with Crippen LogP contribution < -0.4 is 10.6 Å². The molecule has 0 saturated heterocycles. The first kappa shape index (κ1) is 23.8. The molecule has 2 N–H and O–H groups in total. The van der Waals surface area contributed by atoms with Crippen LogP contribution in [0, 0.1) is 11.7 Å². The van der Waals surface area contributed by atoms with E-state index in [2.05, 4.69) is 10.6 Å². The van der Waals surface area contributed by atoms with Crippen molar-refractivity contribution in [3.8, 4) is 0 Å². The quantitative estimate of drug-likeness (QED) is 0.473. The van der Waals surface area contributed by atoms with Gasteiger partial charge in [0.15, 0.2) is 0 Å². The first-order valence-corrected chi connectivity index (χ1v) is 10.1. The van der Waals surface area contributed by atoms with Crippen LogP contribution in [0.3, 0.4) is 0 Å². The van der Waals surface area contributed by atoms with Crippen LogP contribution in [0.15, 0.2) is 60.3 Å². The molecular formula is C24H27FN2O4. The first-order chi connectivity index (χ1) is 14.8. The second-order valence-corrected chi connectivity index (χ2v) is 7.31. The molecule has 0 aliphatic heterocycles. The Morgan fingerprint density at radius 3 is 2.29 bits per heavy atom. The summed E-state index contributed by atoms with van der Waals surface area (Å²) < 4.78 is 19.2. The van der Waals surface area contributed by atoms with Crippen LogP contribution in [-0.4, -0.2) is 30.4 Å². The van der Waals surface area contributed by atoms with Crippen molar-refractivity contribution in [2.45, 2.75) is 33.2 Å². The Morgan fingerprint density at radius 1 is 1.03 bits per heavy atom. The summed E-state index contributed by atoms with van der Waals surface area (Å²) in [4.78, 5) is 37.9. The Hall–Kier alpha value is -3.48. The fraction of sp³-hybridized carbons (Fsp3) is 0.292. The van der Waals surface area contributed by atoms with Crippen LogP contribution in [-0.2, 0) is 14.3 Å². The molecule has 0 aliphatic carbocycles. The van der Waals surface area contributed by atoms with Gasteiger partial charge < -0.3 is 15.4 Å². The molecule has 2 rings (SSSR count). The number of rotatable bonds is 9. The lowest BCUT2D eigenvalue weighted by molar-refractivity contribution is -0.147. The number of carbonyl (C=O) groups excluding carboxylic acids is 3. The summed E-state index contributed by atoms with van der Waals surface area (Å²) in [7, 11) is 0. The molecule has 0 spiro atoms. The van der Waals surface area contributed by atoms with Crippen LogP contribution in [0.4, 0.5) is 4.39 Å². The Balaban J connectivity index is 2.34. The van der Waals surface area contributed by atoms with Crippen LogP contribution in [0.25, 0.3) is 6.08 Å². The number of ether oxygens (including phenoxy) is 1. The van der Waals surface area contributed by atoms with Gasteiger partial charge in [-0.2, -0.15) is 0 Å². The van der Waals surface area contributed by atoms with E-state index in [1.54, 1.807) is 43.3 Å². The highest BCUT2D eigenvalue weighted by molar-refractivity contribution is 6.06. The Labute approximate surface area is 181 Å². The van der Waals surface area contributed by atoms with E-state index in [-0.39, 0.29) is 23.8 Å². The van der Waals surface area contributed by atoms with Crippen molar-refractivity contribution in [1.29, 1.82) is 0 Å². The second-order valence-electron chi connectivity index (χ2n) is 7.31. The summed E-state index contributed by atoms with van der Waals surface area (Å²) in [5.74, 6) is -2.26. The van der Waals surface area contributed by atoms with Gasteiger partial charge in [-0.25, -0.2) is 9.18 Å². The lowest BCUT2D eigenvalue weighted by Gasteiger charge is -2.20. The number of hydrogen-bond acceptors (Lipinski definition) is 4. The molecule has 31 heavy (non-hydrogen) atoms. The molecule has 164 valence electrons. The summed E-state index contributed by atoms with van der Waals surface area (Å²) in [6, 6.07) is 13.3. The molecule has 0 unspecified atom stereocenters. The van der Waals surface area contributed by atoms with Gasteiger partial charge in [0, 0.05) is 11.1 Å². The van der Waals surface area contributed by atoms with E-state index in [9.17, 15) is 18.8 Å². The average molecular weight is 426 g/mol.